The molecule has 1 heterocycles. The minimum atomic E-state index is -3.81. The summed E-state index contributed by atoms with van der Waals surface area (Å²) in [6.45, 7) is 0.116. The molecule has 0 atom stereocenters. The average molecular weight is 450 g/mol. The Bertz CT molecular complexity index is 1380. The van der Waals surface area contributed by atoms with E-state index >= 15 is 0 Å². The number of nitrogens with one attached hydrogen (secondary N) is 2. The van der Waals surface area contributed by atoms with Gasteiger partial charge in [0.05, 0.1) is 16.0 Å². The number of hydrogen-bond donors (Lipinski definition) is 2. The lowest BCUT2D eigenvalue weighted by Gasteiger charge is -2.10. The molecule has 1 aromatic heterocycles. The van der Waals surface area contributed by atoms with Gasteiger partial charge in [-0.1, -0.05) is 42.5 Å². The van der Waals surface area contributed by atoms with E-state index in [-0.39, 0.29) is 23.9 Å². The van der Waals surface area contributed by atoms with E-state index in [2.05, 4.69) is 15.0 Å². The predicted molar refractivity (Wildman–Crippen MR) is 120 cm³/mol. The van der Waals surface area contributed by atoms with E-state index in [0.717, 1.165) is 5.39 Å². The molecular weight excluding hydrogens is 429 g/mol. The molecule has 3 aromatic carbocycles. The minimum absolute atomic E-state index is 0.0326. The van der Waals surface area contributed by atoms with Crippen LogP contribution in [0, 0.1) is 5.82 Å². The third kappa shape index (κ3) is 4.99. The molecule has 0 saturated carbocycles. The quantitative estimate of drug-likeness (QED) is 0.449. The Labute approximate surface area is 185 Å². The van der Waals surface area contributed by atoms with E-state index < -0.39 is 15.8 Å². The first-order valence-electron chi connectivity index (χ1n) is 9.87. The molecule has 0 spiro atoms. The summed E-state index contributed by atoms with van der Waals surface area (Å²) in [6, 6.07) is 21.1. The van der Waals surface area contributed by atoms with Crippen molar-refractivity contribution in [3.05, 3.63) is 108 Å². The lowest BCUT2D eigenvalue weighted by atomic mass is 10.1. The Balaban J connectivity index is 1.45. The molecule has 4 aromatic rings. The second-order valence-corrected chi connectivity index (χ2v) is 8.93. The van der Waals surface area contributed by atoms with Gasteiger partial charge in [0, 0.05) is 24.7 Å². The van der Waals surface area contributed by atoms with Gasteiger partial charge in [0.2, 0.25) is 10.0 Å². The third-order valence-electron chi connectivity index (χ3n) is 4.89. The van der Waals surface area contributed by atoms with E-state index in [4.69, 9.17) is 0 Å². The van der Waals surface area contributed by atoms with Crippen molar-refractivity contribution in [3.8, 4) is 0 Å². The summed E-state index contributed by atoms with van der Waals surface area (Å²) in [6.07, 6.45) is 1.63. The second kappa shape index (κ2) is 9.25. The summed E-state index contributed by atoms with van der Waals surface area (Å²) in [5, 5.41) is 3.67. The van der Waals surface area contributed by atoms with Gasteiger partial charge in [0.1, 0.15) is 5.82 Å². The maximum absolute atomic E-state index is 13.3. The van der Waals surface area contributed by atoms with Gasteiger partial charge in [-0.05, 0) is 47.5 Å². The molecule has 4 rings (SSSR count). The van der Waals surface area contributed by atoms with Gasteiger partial charge in [0.25, 0.3) is 5.91 Å². The molecule has 2 N–H and O–H groups in total. The number of rotatable bonds is 7. The van der Waals surface area contributed by atoms with Crippen LogP contribution < -0.4 is 10.0 Å². The number of para-hydroxylation sites is 1. The normalized spacial score (nSPS) is 11.4. The number of hydrogen-bond acceptors (Lipinski definition) is 4. The van der Waals surface area contributed by atoms with Crippen molar-refractivity contribution < 1.29 is 17.6 Å². The number of amides is 1. The highest BCUT2D eigenvalue weighted by molar-refractivity contribution is 7.89. The maximum atomic E-state index is 13.3. The summed E-state index contributed by atoms with van der Waals surface area (Å²) in [5.41, 5.74) is 2.19. The van der Waals surface area contributed by atoms with Crippen LogP contribution in [0.3, 0.4) is 0 Å². The van der Waals surface area contributed by atoms with Crippen molar-refractivity contribution >= 4 is 26.8 Å². The van der Waals surface area contributed by atoms with Gasteiger partial charge >= 0.3 is 0 Å². The van der Waals surface area contributed by atoms with E-state index in [9.17, 15) is 17.6 Å². The molecule has 8 heteroatoms. The molecule has 0 aliphatic carbocycles. The average Bonchev–Trinajstić information content (AvgIpc) is 2.81. The molecule has 0 bridgehead atoms. The first-order chi connectivity index (χ1) is 15.4. The van der Waals surface area contributed by atoms with Gasteiger partial charge in [0.15, 0.2) is 0 Å². The van der Waals surface area contributed by atoms with Gasteiger partial charge in [-0.2, -0.15) is 0 Å². The summed E-state index contributed by atoms with van der Waals surface area (Å²) in [5.74, 6) is -0.729. The Morgan fingerprint density at radius 2 is 1.59 bits per heavy atom. The first kappa shape index (κ1) is 21.6. The SMILES string of the molecule is O=C(NCc1cccc(S(=O)(=O)NCc2cccc(F)c2)c1)c1cccc2cccnc12. The molecule has 0 aliphatic rings. The number of carbonyl (C=O) groups excluding carboxylic acids is 1. The largest absolute Gasteiger partial charge is 0.348 e. The fraction of sp³-hybridized carbons (Fsp3) is 0.0833. The zero-order chi connectivity index (χ0) is 22.6. The summed E-state index contributed by atoms with van der Waals surface area (Å²) in [7, 11) is -3.81. The van der Waals surface area contributed by atoms with Crippen LogP contribution in [0.15, 0.2) is 90.0 Å². The molecule has 6 nitrogen and oxygen atoms in total. The van der Waals surface area contributed by atoms with Gasteiger partial charge in [-0.15, -0.1) is 0 Å². The van der Waals surface area contributed by atoms with Crippen molar-refractivity contribution in [1.29, 1.82) is 0 Å². The Morgan fingerprint density at radius 1 is 0.875 bits per heavy atom. The minimum Gasteiger partial charge on any atom is -0.348 e. The number of sulfonamides is 1. The molecule has 0 saturated heterocycles. The van der Waals surface area contributed by atoms with E-state index in [1.165, 1.54) is 30.3 Å². The van der Waals surface area contributed by atoms with Gasteiger partial charge in [-0.25, -0.2) is 17.5 Å². The Kier molecular flexibility index (Phi) is 6.25. The summed E-state index contributed by atoms with van der Waals surface area (Å²) in [4.78, 5) is 17.0. The highest BCUT2D eigenvalue weighted by atomic mass is 32.2. The van der Waals surface area contributed by atoms with Crippen molar-refractivity contribution in [2.24, 2.45) is 0 Å². The topological polar surface area (TPSA) is 88.2 Å². The zero-order valence-corrected chi connectivity index (χ0v) is 17.8. The van der Waals surface area contributed by atoms with Crippen LogP contribution in [0.1, 0.15) is 21.5 Å². The van der Waals surface area contributed by atoms with Crippen molar-refractivity contribution in [1.82, 2.24) is 15.0 Å². The van der Waals surface area contributed by atoms with E-state index in [1.807, 2.05) is 12.1 Å². The number of nitrogens with zero attached hydrogens (tertiary/aromatic N) is 1. The lowest BCUT2D eigenvalue weighted by Crippen LogP contribution is -2.25. The molecule has 32 heavy (non-hydrogen) atoms. The van der Waals surface area contributed by atoms with Gasteiger partial charge in [-0.3, -0.25) is 9.78 Å². The van der Waals surface area contributed by atoms with Crippen LogP contribution >= 0.6 is 0 Å². The van der Waals surface area contributed by atoms with Crippen LogP contribution in [0.2, 0.25) is 0 Å². The molecule has 162 valence electrons. The third-order valence-corrected chi connectivity index (χ3v) is 6.29. The van der Waals surface area contributed by atoms with Crippen LogP contribution in [-0.2, 0) is 23.1 Å². The molecule has 1 amide bonds. The first-order valence-corrected chi connectivity index (χ1v) is 11.4. The van der Waals surface area contributed by atoms with Crippen LogP contribution in [0.4, 0.5) is 4.39 Å². The monoisotopic (exact) mass is 449 g/mol. The highest BCUT2D eigenvalue weighted by Crippen LogP contribution is 2.17. The number of carbonyl (C=O) groups is 1. The fourth-order valence-electron chi connectivity index (χ4n) is 3.30. The maximum Gasteiger partial charge on any atom is 0.253 e. The number of pyridine rings is 1. The number of fused-ring (bicyclic) bond motifs is 1. The molecule has 0 fully saturated rings. The number of aromatic nitrogens is 1. The molecule has 0 aliphatic heterocycles. The lowest BCUT2D eigenvalue weighted by molar-refractivity contribution is 0.0952. The van der Waals surface area contributed by atoms with Crippen LogP contribution in [0.25, 0.3) is 10.9 Å². The Hall–Kier alpha value is -3.62. The molecule has 0 unspecified atom stereocenters. The second-order valence-electron chi connectivity index (χ2n) is 7.17. The predicted octanol–water partition coefficient (Wildman–Crippen LogP) is 3.78. The van der Waals surface area contributed by atoms with Crippen molar-refractivity contribution in [2.75, 3.05) is 0 Å². The molecule has 0 radical (unpaired) electrons. The highest BCUT2D eigenvalue weighted by Gasteiger charge is 2.15. The van der Waals surface area contributed by atoms with Gasteiger partial charge < -0.3 is 5.32 Å². The van der Waals surface area contributed by atoms with E-state index in [1.54, 1.807) is 42.6 Å². The summed E-state index contributed by atoms with van der Waals surface area (Å²) >= 11 is 0. The Morgan fingerprint density at radius 3 is 2.41 bits per heavy atom. The fourth-order valence-corrected chi connectivity index (χ4v) is 4.38. The standard InChI is InChI=1S/C24H20FN3O3S/c25-20-9-1-5-17(13-20)16-28-32(30,31)21-10-2-6-18(14-21)15-27-24(29)22-11-3-7-19-8-4-12-26-23(19)22/h1-14,28H,15-16H2,(H,27,29). The van der Waals surface area contributed by atoms with Crippen molar-refractivity contribution in [2.45, 2.75) is 18.0 Å². The number of benzene rings is 3. The van der Waals surface area contributed by atoms with Crippen LogP contribution in [0.5, 0.6) is 0 Å². The zero-order valence-electron chi connectivity index (χ0n) is 17.0. The summed E-state index contributed by atoms with van der Waals surface area (Å²) < 4.78 is 41.1. The smallest absolute Gasteiger partial charge is 0.253 e. The van der Waals surface area contributed by atoms with Crippen LogP contribution in [-0.4, -0.2) is 19.3 Å². The molecular formula is C24H20FN3O3S. The van der Waals surface area contributed by atoms with E-state index in [0.29, 0.717) is 22.2 Å². The number of halogens is 1. The van der Waals surface area contributed by atoms with Crippen molar-refractivity contribution in [3.63, 3.8) is 0 Å².